The second-order valence-corrected chi connectivity index (χ2v) is 7.49. The number of rotatable bonds is 6. The molecular formula is C22H22BrClN2O2. The molecule has 4 nitrogen and oxygen atoms in total. The molecule has 0 amide bonds. The van der Waals surface area contributed by atoms with Crippen molar-refractivity contribution in [3.63, 3.8) is 0 Å². The van der Waals surface area contributed by atoms with Crippen LogP contribution >= 0.6 is 27.5 Å². The largest absolute Gasteiger partial charge is 0.461 e. The van der Waals surface area contributed by atoms with Gasteiger partial charge in [-0.15, -0.1) is 0 Å². The lowest BCUT2D eigenvalue weighted by Crippen LogP contribution is -2.06. The van der Waals surface area contributed by atoms with E-state index in [1.54, 1.807) is 6.92 Å². The van der Waals surface area contributed by atoms with Crippen molar-refractivity contribution in [2.75, 3.05) is 6.61 Å². The number of halogens is 2. The molecule has 0 aliphatic rings. The van der Waals surface area contributed by atoms with Crippen LogP contribution in [0.4, 0.5) is 0 Å². The summed E-state index contributed by atoms with van der Waals surface area (Å²) in [7, 11) is 0. The summed E-state index contributed by atoms with van der Waals surface area (Å²) in [6.45, 7) is 6.33. The molecule has 0 atom stereocenters. The minimum absolute atomic E-state index is 0.258. The Kier molecular flexibility index (Phi) is 6.57. The molecule has 2 aromatic carbocycles. The molecule has 0 saturated carbocycles. The third-order valence-electron chi connectivity index (χ3n) is 4.57. The molecular weight excluding hydrogens is 440 g/mol. The van der Waals surface area contributed by atoms with Crippen molar-refractivity contribution in [1.82, 2.24) is 9.55 Å². The molecule has 28 heavy (non-hydrogen) atoms. The van der Waals surface area contributed by atoms with Crippen LogP contribution in [0, 0.1) is 0 Å². The average Bonchev–Trinajstić information content (AvgIpc) is 3.05. The minimum Gasteiger partial charge on any atom is -0.461 e. The molecule has 0 radical (unpaired) electrons. The summed E-state index contributed by atoms with van der Waals surface area (Å²) < 4.78 is 7.67. The summed E-state index contributed by atoms with van der Waals surface area (Å²) in [6.07, 6.45) is 1.83. The first kappa shape index (κ1) is 20.6. The number of hydrogen-bond donors (Lipinski definition) is 0. The number of nitrogens with zero attached hydrogens (tertiary/aromatic N) is 2. The van der Waals surface area contributed by atoms with Gasteiger partial charge >= 0.3 is 5.97 Å². The van der Waals surface area contributed by atoms with Crippen LogP contribution in [-0.4, -0.2) is 22.1 Å². The van der Waals surface area contributed by atoms with Gasteiger partial charge in [-0.3, -0.25) is 4.57 Å². The molecule has 0 fully saturated rings. The number of aromatic nitrogens is 2. The molecule has 3 aromatic rings. The Labute approximate surface area is 178 Å². The zero-order chi connectivity index (χ0) is 20.3. The fourth-order valence-electron chi connectivity index (χ4n) is 3.11. The third-order valence-corrected chi connectivity index (χ3v) is 5.56. The van der Waals surface area contributed by atoms with Crippen molar-refractivity contribution in [1.29, 1.82) is 0 Å². The van der Waals surface area contributed by atoms with Gasteiger partial charge in [0.1, 0.15) is 10.4 Å². The first-order valence-electron chi connectivity index (χ1n) is 9.33. The van der Waals surface area contributed by atoms with E-state index in [-0.39, 0.29) is 5.69 Å². The maximum absolute atomic E-state index is 12.5. The van der Waals surface area contributed by atoms with Crippen molar-refractivity contribution in [2.45, 2.75) is 33.6 Å². The molecule has 3 rings (SSSR count). The highest BCUT2D eigenvalue weighted by Crippen LogP contribution is 2.33. The topological polar surface area (TPSA) is 44.1 Å². The number of benzene rings is 2. The summed E-state index contributed by atoms with van der Waals surface area (Å²) >= 11 is 9.63. The summed E-state index contributed by atoms with van der Waals surface area (Å²) in [5.74, 6) is 0.239. The van der Waals surface area contributed by atoms with E-state index in [0.717, 1.165) is 24.1 Å². The number of aryl methyl sites for hydroxylation is 2. The second-order valence-electron chi connectivity index (χ2n) is 6.31. The summed E-state index contributed by atoms with van der Waals surface area (Å²) in [5, 5.41) is 0.647. The van der Waals surface area contributed by atoms with Crippen LogP contribution in [0.2, 0.25) is 5.02 Å². The van der Waals surface area contributed by atoms with E-state index in [1.165, 1.54) is 11.1 Å². The lowest BCUT2D eigenvalue weighted by Gasteiger charge is -2.13. The molecule has 0 N–H and O–H groups in total. The Morgan fingerprint density at radius 3 is 2.43 bits per heavy atom. The predicted octanol–water partition coefficient (Wildman–Crippen LogP) is 6.26. The molecule has 0 aliphatic heterocycles. The van der Waals surface area contributed by atoms with Gasteiger partial charge in [-0.05, 0) is 71.1 Å². The van der Waals surface area contributed by atoms with Crippen LogP contribution in [0.3, 0.4) is 0 Å². The van der Waals surface area contributed by atoms with Crippen molar-refractivity contribution >= 4 is 33.5 Å². The van der Waals surface area contributed by atoms with Gasteiger partial charge in [-0.2, -0.15) is 0 Å². The van der Waals surface area contributed by atoms with E-state index in [9.17, 15) is 4.79 Å². The van der Waals surface area contributed by atoms with Gasteiger partial charge in [0.05, 0.1) is 6.61 Å². The SMILES string of the molecule is CCOC(=O)c1nc(-c2ccc(CC)cc2CC)n(-c2ccc(Cl)cc2)c1Br. The second kappa shape index (κ2) is 8.93. The van der Waals surface area contributed by atoms with Gasteiger partial charge in [0.2, 0.25) is 0 Å². The summed E-state index contributed by atoms with van der Waals surface area (Å²) in [6, 6.07) is 13.8. The number of hydrogen-bond acceptors (Lipinski definition) is 3. The molecule has 1 aromatic heterocycles. The van der Waals surface area contributed by atoms with Gasteiger partial charge < -0.3 is 4.74 Å². The van der Waals surface area contributed by atoms with E-state index in [2.05, 4.69) is 53.0 Å². The van der Waals surface area contributed by atoms with Gasteiger partial charge in [-0.25, -0.2) is 9.78 Å². The highest BCUT2D eigenvalue weighted by Gasteiger charge is 2.24. The van der Waals surface area contributed by atoms with Crippen LogP contribution in [0.5, 0.6) is 0 Å². The minimum atomic E-state index is -0.452. The van der Waals surface area contributed by atoms with E-state index < -0.39 is 5.97 Å². The smallest absolute Gasteiger partial charge is 0.359 e. The van der Waals surface area contributed by atoms with Crippen molar-refractivity contribution in [3.05, 3.63) is 68.9 Å². The number of imidazole rings is 1. The van der Waals surface area contributed by atoms with E-state index in [4.69, 9.17) is 16.3 Å². The van der Waals surface area contributed by atoms with Gasteiger partial charge in [0.15, 0.2) is 5.69 Å². The quantitative estimate of drug-likeness (QED) is 0.407. The number of carbonyl (C=O) groups is 1. The molecule has 0 spiro atoms. The Balaban J connectivity index is 2.26. The first-order chi connectivity index (χ1) is 13.5. The summed E-state index contributed by atoms with van der Waals surface area (Å²) in [4.78, 5) is 17.1. The number of esters is 1. The highest BCUT2D eigenvalue weighted by atomic mass is 79.9. The maximum Gasteiger partial charge on any atom is 0.359 e. The molecule has 0 aliphatic carbocycles. The van der Waals surface area contributed by atoms with Crippen LogP contribution in [-0.2, 0) is 17.6 Å². The molecule has 146 valence electrons. The van der Waals surface area contributed by atoms with Crippen molar-refractivity contribution in [3.8, 4) is 17.1 Å². The normalized spacial score (nSPS) is 10.9. The predicted molar refractivity (Wildman–Crippen MR) is 116 cm³/mol. The van der Waals surface area contributed by atoms with E-state index in [0.29, 0.717) is 22.1 Å². The van der Waals surface area contributed by atoms with Crippen LogP contribution < -0.4 is 0 Å². The summed E-state index contributed by atoms with van der Waals surface area (Å²) in [5.41, 5.74) is 4.56. The molecule has 0 unspecified atom stereocenters. The highest BCUT2D eigenvalue weighted by molar-refractivity contribution is 9.10. The molecule has 0 bridgehead atoms. The van der Waals surface area contributed by atoms with Crippen molar-refractivity contribution < 1.29 is 9.53 Å². The Morgan fingerprint density at radius 2 is 1.82 bits per heavy atom. The van der Waals surface area contributed by atoms with Crippen LogP contribution in [0.1, 0.15) is 42.4 Å². The van der Waals surface area contributed by atoms with Crippen LogP contribution in [0.15, 0.2) is 47.1 Å². The standard InChI is InChI=1S/C22H22BrClN2O2/c1-4-14-7-12-18(15(5-2)13-14)21-25-19(22(27)28-6-3)20(23)26(21)17-10-8-16(24)9-11-17/h7-13H,4-6H2,1-3H3. The first-order valence-corrected chi connectivity index (χ1v) is 10.5. The Bertz CT molecular complexity index is 997. The average molecular weight is 462 g/mol. The number of ether oxygens (including phenoxy) is 1. The lowest BCUT2D eigenvalue weighted by molar-refractivity contribution is 0.0519. The van der Waals surface area contributed by atoms with Crippen molar-refractivity contribution in [2.24, 2.45) is 0 Å². The van der Waals surface area contributed by atoms with Gasteiger partial charge in [0.25, 0.3) is 0 Å². The number of carbonyl (C=O) groups excluding carboxylic acids is 1. The van der Waals surface area contributed by atoms with Gasteiger partial charge in [0, 0.05) is 16.3 Å². The third kappa shape index (κ3) is 4.01. The zero-order valence-corrected chi connectivity index (χ0v) is 18.5. The van der Waals surface area contributed by atoms with E-state index >= 15 is 0 Å². The Hall–Kier alpha value is -2.11. The fourth-order valence-corrected chi connectivity index (χ4v) is 3.86. The Morgan fingerprint density at radius 1 is 1.11 bits per heavy atom. The fraction of sp³-hybridized carbons (Fsp3) is 0.273. The molecule has 1 heterocycles. The lowest BCUT2D eigenvalue weighted by atomic mass is 10.00. The monoisotopic (exact) mass is 460 g/mol. The zero-order valence-electron chi connectivity index (χ0n) is 16.1. The van der Waals surface area contributed by atoms with E-state index in [1.807, 2.05) is 28.8 Å². The maximum atomic E-state index is 12.5. The molecule has 6 heteroatoms. The van der Waals surface area contributed by atoms with Gasteiger partial charge in [-0.1, -0.05) is 43.6 Å². The van der Waals surface area contributed by atoms with Crippen LogP contribution in [0.25, 0.3) is 17.1 Å². The molecule has 0 saturated heterocycles.